The molecule has 0 saturated heterocycles. The van der Waals surface area contributed by atoms with Crippen molar-refractivity contribution in [2.75, 3.05) is 7.11 Å². The molecule has 0 aliphatic carbocycles. The van der Waals surface area contributed by atoms with Gasteiger partial charge < -0.3 is 9.30 Å². The molecule has 3 rings (SSSR count). The van der Waals surface area contributed by atoms with Crippen molar-refractivity contribution in [1.82, 2.24) is 4.57 Å². The van der Waals surface area contributed by atoms with Crippen LogP contribution in [0.2, 0.25) is 0 Å². The monoisotopic (exact) mass is 433 g/mol. The SMILES string of the molecule is COC(=O)Cn1c(=NC(=O)/C=C/c2ccc([N+](=O)[O-])cc2)sc2cc(F)cc(F)c21. The fourth-order valence-corrected chi connectivity index (χ4v) is 3.64. The number of nitrogens with zero attached hydrogens (tertiary/aromatic N) is 3. The van der Waals surface area contributed by atoms with Gasteiger partial charge in [0.15, 0.2) is 10.6 Å². The molecule has 0 atom stereocenters. The van der Waals surface area contributed by atoms with Crippen LogP contribution >= 0.6 is 11.3 Å². The Kier molecular flexibility index (Phi) is 6.11. The maximum absolute atomic E-state index is 14.3. The molecule has 0 saturated carbocycles. The first-order valence-electron chi connectivity index (χ1n) is 8.35. The second-order valence-corrected chi connectivity index (χ2v) is 6.92. The van der Waals surface area contributed by atoms with Crippen LogP contribution in [-0.2, 0) is 20.9 Å². The summed E-state index contributed by atoms with van der Waals surface area (Å²) >= 11 is 0.839. The van der Waals surface area contributed by atoms with E-state index in [1.807, 2.05) is 0 Å². The van der Waals surface area contributed by atoms with Crippen molar-refractivity contribution in [3.05, 3.63) is 74.6 Å². The van der Waals surface area contributed by atoms with Crippen molar-refractivity contribution in [2.24, 2.45) is 4.99 Å². The van der Waals surface area contributed by atoms with Gasteiger partial charge >= 0.3 is 5.97 Å². The molecular formula is C19H13F2N3O5S. The second-order valence-electron chi connectivity index (χ2n) is 5.91. The number of thiazole rings is 1. The van der Waals surface area contributed by atoms with Crippen LogP contribution in [-0.4, -0.2) is 28.5 Å². The van der Waals surface area contributed by atoms with E-state index in [4.69, 9.17) is 0 Å². The van der Waals surface area contributed by atoms with E-state index >= 15 is 0 Å². The lowest BCUT2D eigenvalue weighted by Gasteiger charge is -2.04. The Morgan fingerprint density at radius 2 is 1.97 bits per heavy atom. The molecule has 154 valence electrons. The number of nitro benzene ring substituents is 1. The molecule has 2 aromatic carbocycles. The normalized spacial score (nSPS) is 11.9. The molecular weight excluding hydrogens is 420 g/mol. The molecule has 0 N–H and O–H groups in total. The molecule has 0 spiro atoms. The van der Waals surface area contributed by atoms with Crippen molar-refractivity contribution in [3.8, 4) is 0 Å². The third-order valence-corrected chi connectivity index (χ3v) is 4.96. The zero-order valence-electron chi connectivity index (χ0n) is 15.4. The molecule has 0 unspecified atom stereocenters. The van der Waals surface area contributed by atoms with Gasteiger partial charge in [-0.15, -0.1) is 0 Å². The van der Waals surface area contributed by atoms with Crippen LogP contribution in [0.4, 0.5) is 14.5 Å². The molecule has 30 heavy (non-hydrogen) atoms. The van der Waals surface area contributed by atoms with Gasteiger partial charge in [-0.3, -0.25) is 19.7 Å². The molecule has 8 nitrogen and oxygen atoms in total. The van der Waals surface area contributed by atoms with Gasteiger partial charge in [0.1, 0.15) is 12.4 Å². The van der Waals surface area contributed by atoms with Gasteiger partial charge in [0.05, 0.1) is 22.2 Å². The quantitative estimate of drug-likeness (QED) is 0.266. The topological polar surface area (TPSA) is 104 Å². The number of nitro groups is 1. The number of aromatic nitrogens is 1. The zero-order valence-corrected chi connectivity index (χ0v) is 16.2. The van der Waals surface area contributed by atoms with E-state index in [9.17, 15) is 28.5 Å². The fraction of sp³-hybridized carbons (Fsp3) is 0.105. The summed E-state index contributed by atoms with van der Waals surface area (Å²) in [6, 6.07) is 7.23. The predicted octanol–water partition coefficient (Wildman–Crippen LogP) is 3.20. The number of hydrogen-bond acceptors (Lipinski definition) is 6. The van der Waals surface area contributed by atoms with Crippen molar-refractivity contribution in [3.63, 3.8) is 0 Å². The molecule has 0 radical (unpaired) electrons. The average molecular weight is 433 g/mol. The molecule has 0 aliphatic heterocycles. The van der Waals surface area contributed by atoms with E-state index in [1.54, 1.807) is 0 Å². The summed E-state index contributed by atoms with van der Waals surface area (Å²) in [5.74, 6) is -3.13. The highest BCUT2D eigenvalue weighted by Crippen LogP contribution is 2.22. The number of amides is 1. The van der Waals surface area contributed by atoms with Crippen molar-refractivity contribution < 1.29 is 28.0 Å². The minimum absolute atomic E-state index is 0.0155. The summed E-state index contributed by atoms with van der Waals surface area (Å²) in [4.78, 5) is 37.9. The lowest BCUT2D eigenvalue weighted by Crippen LogP contribution is -2.22. The van der Waals surface area contributed by atoms with Crippen molar-refractivity contribution in [2.45, 2.75) is 6.54 Å². The lowest BCUT2D eigenvalue weighted by molar-refractivity contribution is -0.384. The zero-order chi connectivity index (χ0) is 21.8. The number of hydrogen-bond donors (Lipinski definition) is 0. The number of benzene rings is 2. The molecule has 1 aromatic heterocycles. The third-order valence-electron chi connectivity index (χ3n) is 3.94. The Bertz CT molecular complexity index is 1250. The molecule has 1 amide bonds. The summed E-state index contributed by atoms with van der Waals surface area (Å²) in [6.45, 7) is -0.419. The van der Waals surface area contributed by atoms with Crippen LogP contribution < -0.4 is 4.80 Å². The standard InChI is InChI=1S/C19H13F2N3O5S/c1-29-17(26)10-23-18-14(21)8-12(20)9-15(18)30-19(23)22-16(25)7-4-11-2-5-13(6-3-11)24(27)28/h2-9H,10H2,1H3/b7-4+,22-19?. The molecule has 3 aromatic rings. The number of carbonyl (C=O) groups excluding carboxylic acids is 2. The highest BCUT2D eigenvalue weighted by Gasteiger charge is 2.16. The molecule has 1 heterocycles. The van der Waals surface area contributed by atoms with E-state index in [1.165, 1.54) is 30.3 Å². The van der Waals surface area contributed by atoms with E-state index in [2.05, 4.69) is 9.73 Å². The maximum Gasteiger partial charge on any atom is 0.325 e. The van der Waals surface area contributed by atoms with Gasteiger partial charge in [-0.2, -0.15) is 4.99 Å². The largest absolute Gasteiger partial charge is 0.468 e. The number of fused-ring (bicyclic) bond motifs is 1. The van der Waals surface area contributed by atoms with Gasteiger partial charge in [-0.05, 0) is 29.8 Å². The first-order valence-corrected chi connectivity index (χ1v) is 9.16. The Hall–Kier alpha value is -3.73. The minimum atomic E-state index is -0.902. The van der Waals surface area contributed by atoms with Gasteiger partial charge in [0.25, 0.3) is 11.6 Å². The summed E-state index contributed by atoms with van der Waals surface area (Å²) in [6.07, 6.45) is 2.51. The minimum Gasteiger partial charge on any atom is -0.468 e. The first-order chi connectivity index (χ1) is 14.3. The third kappa shape index (κ3) is 4.63. The van der Waals surface area contributed by atoms with Gasteiger partial charge in [0.2, 0.25) is 0 Å². The molecule has 0 bridgehead atoms. The van der Waals surface area contributed by atoms with Crippen molar-refractivity contribution in [1.29, 1.82) is 0 Å². The number of rotatable bonds is 5. The highest BCUT2D eigenvalue weighted by atomic mass is 32.1. The number of esters is 1. The van der Waals surface area contributed by atoms with E-state index in [0.717, 1.165) is 35.2 Å². The Balaban J connectivity index is 1.98. The number of halogens is 2. The second kappa shape index (κ2) is 8.74. The van der Waals surface area contributed by atoms with Gasteiger partial charge in [-0.25, -0.2) is 8.78 Å². The van der Waals surface area contributed by atoms with Crippen LogP contribution in [0.5, 0.6) is 0 Å². The van der Waals surface area contributed by atoms with Gasteiger partial charge in [-0.1, -0.05) is 11.3 Å². The van der Waals surface area contributed by atoms with Crippen LogP contribution in [0.25, 0.3) is 16.3 Å². The number of non-ortho nitro benzene ring substituents is 1. The van der Waals surface area contributed by atoms with Crippen LogP contribution in [0, 0.1) is 21.7 Å². The smallest absolute Gasteiger partial charge is 0.325 e. The summed E-state index contributed by atoms with van der Waals surface area (Å²) < 4.78 is 33.7. The molecule has 0 fully saturated rings. The number of ether oxygens (including phenoxy) is 1. The molecule has 11 heteroatoms. The molecule has 0 aliphatic rings. The van der Waals surface area contributed by atoms with E-state index in [0.29, 0.717) is 11.6 Å². The fourth-order valence-electron chi connectivity index (χ4n) is 2.56. The highest BCUT2D eigenvalue weighted by molar-refractivity contribution is 7.16. The Morgan fingerprint density at radius 1 is 1.27 bits per heavy atom. The number of methoxy groups -OCH3 is 1. The van der Waals surface area contributed by atoms with Crippen LogP contribution in [0.1, 0.15) is 5.56 Å². The van der Waals surface area contributed by atoms with E-state index < -0.39 is 35.0 Å². The summed E-state index contributed by atoms with van der Waals surface area (Å²) in [7, 11) is 1.16. The Labute approximate surface area is 171 Å². The van der Waals surface area contributed by atoms with Crippen molar-refractivity contribution >= 4 is 45.2 Å². The summed E-state index contributed by atoms with van der Waals surface area (Å²) in [5, 5.41) is 10.7. The number of carbonyl (C=O) groups is 2. The first kappa shape index (κ1) is 21.0. The lowest BCUT2D eigenvalue weighted by atomic mass is 10.2. The maximum atomic E-state index is 14.3. The predicted molar refractivity (Wildman–Crippen MR) is 104 cm³/mol. The van der Waals surface area contributed by atoms with E-state index in [-0.39, 0.29) is 20.7 Å². The van der Waals surface area contributed by atoms with Crippen LogP contribution in [0.15, 0.2) is 47.5 Å². The average Bonchev–Trinajstić information content (AvgIpc) is 3.03. The Morgan fingerprint density at radius 3 is 2.60 bits per heavy atom. The van der Waals surface area contributed by atoms with Gasteiger partial charge in [0, 0.05) is 24.3 Å². The van der Waals surface area contributed by atoms with Crippen LogP contribution in [0.3, 0.4) is 0 Å². The summed E-state index contributed by atoms with van der Waals surface area (Å²) in [5.41, 5.74) is 0.361.